The fourth-order valence-corrected chi connectivity index (χ4v) is 4.04. The minimum absolute atomic E-state index is 0.209. The molecule has 0 saturated carbocycles. The first-order valence-electron chi connectivity index (χ1n) is 7.59. The molecule has 1 aromatic heterocycles. The fourth-order valence-electron chi connectivity index (χ4n) is 2.18. The average molecular weight is 389 g/mol. The standard InChI is InChI=1S/C14H23N3O3S2.CO2/c1-12-13(11-14(21-12)22(15,18)19)3-4-16(2)5-6-17-7-9-20-10-8-17;2-1-3/h3-4,11H,5-10H2,1-2H3,(H2,15,18,19);/b4-3-;. The van der Waals surface area contributed by atoms with E-state index in [4.69, 9.17) is 19.5 Å². The first-order valence-corrected chi connectivity index (χ1v) is 9.95. The van der Waals surface area contributed by atoms with Crippen LogP contribution in [0, 0.1) is 6.92 Å². The van der Waals surface area contributed by atoms with Gasteiger partial charge in [-0.2, -0.15) is 9.59 Å². The van der Waals surface area contributed by atoms with Gasteiger partial charge in [0.05, 0.1) is 13.2 Å². The monoisotopic (exact) mass is 389 g/mol. The van der Waals surface area contributed by atoms with Crippen molar-refractivity contribution in [2.45, 2.75) is 11.1 Å². The second kappa shape index (κ2) is 10.4. The van der Waals surface area contributed by atoms with Crippen molar-refractivity contribution in [3.8, 4) is 0 Å². The number of nitrogens with zero attached hydrogens (tertiary/aromatic N) is 2. The maximum Gasteiger partial charge on any atom is 0.373 e. The Morgan fingerprint density at radius 3 is 2.52 bits per heavy atom. The Kier molecular flexibility index (Phi) is 8.98. The SMILES string of the molecule is Cc1sc(S(N)(=O)=O)cc1/C=C\N(C)CCN1CCOCC1.O=C=O. The van der Waals surface area contributed by atoms with Gasteiger partial charge >= 0.3 is 6.15 Å². The van der Waals surface area contributed by atoms with Crippen LogP contribution in [0.1, 0.15) is 10.4 Å². The summed E-state index contributed by atoms with van der Waals surface area (Å²) in [7, 11) is -1.60. The van der Waals surface area contributed by atoms with Crippen LogP contribution in [0.2, 0.25) is 0 Å². The molecule has 10 heteroatoms. The normalized spacial score (nSPS) is 15.5. The summed E-state index contributed by atoms with van der Waals surface area (Å²) in [6.45, 7) is 7.40. The predicted octanol–water partition coefficient (Wildman–Crippen LogP) is 0.355. The number of carbonyl (C=O) groups excluding carboxylic acids is 2. The van der Waals surface area contributed by atoms with Gasteiger partial charge in [0.15, 0.2) is 0 Å². The van der Waals surface area contributed by atoms with Crippen molar-refractivity contribution in [3.63, 3.8) is 0 Å². The summed E-state index contributed by atoms with van der Waals surface area (Å²) in [5, 5.41) is 5.16. The number of ether oxygens (including phenoxy) is 1. The second-order valence-corrected chi connectivity index (χ2v) is 8.50. The maximum absolute atomic E-state index is 11.4. The lowest BCUT2D eigenvalue weighted by atomic mass is 10.2. The average Bonchev–Trinajstić information content (AvgIpc) is 2.94. The van der Waals surface area contributed by atoms with Crippen LogP contribution in [0.5, 0.6) is 0 Å². The Labute approximate surface area is 151 Å². The van der Waals surface area contributed by atoms with Crippen molar-refractivity contribution in [2.75, 3.05) is 46.4 Å². The minimum Gasteiger partial charge on any atom is -0.379 e. The number of rotatable bonds is 6. The summed E-state index contributed by atoms with van der Waals surface area (Å²) in [6.07, 6.45) is 4.16. The quantitative estimate of drug-likeness (QED) is 0.748. The highest BCUT2D eigenvalue weighted by molar-refractivity contribution is 7.91. The molecular formula is C15H23N3O5S2. The van der Waals surface area contributed by atoms with Crippen molar-refractivity contribution in [2.24, 2.45) is 5.14 Å². The summed E-state index contributed by atoms with van der Waals surface area (Å²) in [5.74, 6) is 0. The van der Waals surface area contributed by atoms with Crippen LogP contribution >= 0.6 is 11.3 Å². The molecule has 0 aliphatic carbocycles. The smallest absolute Gasteiger partial charge is 0.373 e. The molecule has 1 saturated heterocycles. The highest BCUT2D eigenvalue weighted by Gasteiger charge is 2.13. The van der Waals surface area contributed by atoms with E-state index in [0.717, 1.165) is 49.8 Å². The van der Waals surface area contributed by atoms with E-state index < -0.39 is 10.0 Å². The highest BCUT2D eigenvalue weighted by Crippen LogP contribution is 2.25. The number of primary sulfonamides is 1. The third-order valence-electron chi connectivity index (χ3n) is 3.60. The number of likely N-dealkylation sites (N-methyl/N-ethyl adjacent to an activating group) is 1. The van der Waals surface area contributed by atoms with Crippen LogP contribution in [0.4, 0.5) is 0 Å². The Hall–Kier alpha value is -1.55. The van der Waals surface area contributed by atoms with E-state index in [1.54, 1.807) is 6.07 Å². The van der Waals surface area contributed by atoms with Crippen LogP contribution in [-0.2, 0) is 24.3 Å². The number of hydrogen-bond donors (Lipinski definition) is 1. The first-order chi connectivity index (χ1) is 11.8. The van der Waals surface area contributed by atoms with Crippen molar-refractivity contribution < 1.29 is 22.7 Å². The Morgan fingerprint density at radius 1 is 1.40 bits per heavy atom. The second-order valence-electron chi connectivity index (χ2n) is 5.46. The summed E-state index contributed by atoms with van der Waals surface area (Å²) >= 11 is 1.20. The number of aryl methyl sites for hydroxylation is 1. The molecule has 0 amide bonds. The van der Waals surface area contributed by atoms with Crippen LogP contribution in [0.25, 0.3) is 6.08 Å². The fraction of sp³-hybridized carbons (Fsp3) is 0.533. The molecule has 1 fully saturated rings. The van der Waals surface area contributed by atoms with Gasteiger partial charge < -0.3 is 9.64 Å². The van der Waals surface area contributed by atoms with Crippen molar-refractivity contribution in [1.82, 2.24) is 9.80 Å². The molecule has 0 aromatic carbocycles. The van der Waals surface area contributed by atoms with Crippen molar-refractivity contribution >= 4 is 33.6 Å². The lowest BCUT2D eigenvalue weighted by Crippen LogP contribution is -2.39. The van der Waals surface area contributed by atoms with E-state index in [0.29, 0.717) is 0 Å². The molecule has 0 atom stereocenters. The van der Waals surface area contributed by atoms with E-state index in [-0.39, 0.29) is 10.4 Å². The van der Waals surface area contributed by atoms with Gasteiger partial charge in [-0.25, -0.2) is 13.6 Å². The van der Waals surface area contributed by atoms with Crippen molar-refractivity contribution in [1.29, 1.82) is 0 Å². The molecule has 0 spiro atoms. The van der Waals surface area contributed by atoms with E-state index in [9.17, 15) is 8.42 Å². The lowest BCUT2D eigenvalue weighted by molar-refractivity contribution is -0.191. The van der Waals surface area contributed by atoms with Crippen LogP contribution in [0.3, 0.4) is 0 Å². The first kappa shape index (κ1) is 21.5. The van der Waals surface area contributed by atoms with E-state index in [1.165, 1.54) is 11.3 Å². The minimum atomic E-state index is -3.62. The van der Waals surface area contributed by atoms with E-state index in [1.807, 2.05) is 26.2 Å². The summed E-state index contributed by atoms with van der Waals surface area (Å²) in [4.78, 5) is 21.7. The Balaban J connectivity index is 0.000000970. The predicted molar refractivity (Wildman–Crippen MR) is 94.4 cm³/mol. The largest absolute Gasteiger partial charge is 0.379 e. The van der Waals surface area contributed by atoms with E-state index in [2.05, 4.69) is 9.80 Å². The Bertz CT molecular complexity index is 703. The van der Waals surface area contributed by atoms with E-state index >= 15 is 0 Å². The lowest BCUT2D eigenvalue weighted by Gasteiger charge is -2.28. The van der Waals surface area contributed by atoms with Gasteiger partial charge in [0.2, 0.25) is 10.0 Å². The summed E-state index contributed by atoms with van der Waals surface area (Å²) in [6, 6.07) is 1.63. The topological polar surface area (TPSA) is 110 Å². The molecule has 0 radical (unpaired) electrons. The molecule has 25 heavy (non-hydrogen) atoms. The van der Waals surface area contributed by atoms with Crippen molar-refractivity contribution in [3.05, 3.63) is 22.7 Å². The van der Waals surface area contributed by atoms with Gasteiger partial charge in [-0.05, 0) is 30.8 Å². The van der Waals surface area contributed by atoms with Crippen LogP contribution in [0.15, 0.2) is 16.5 Å². The van der Waals surface area contributed by atoms with Gasteiger partial charge in [-0.1, -0.05) is 0 Å². The number of nitrogens with two attached hydrogens (primary N) is 1. The molecule has 1 aliphatic rings. The maximum atomic E-state index is 11.4. The number of sulfonamides is 1. The number of morpholine rings is 1. The zero-order valence-corrected chi connectivity index (χ0v) is 15.9. The molecule has 0 unspecified atom stereocenters. The Morgan fingerprint density at radius 2 is 2.00 bits per heavy atom. The van der Waals surface area contributed by atoms with Gasteiger partial charge in [0, 0.05) is 38.1 Å². The number of thiophene rings is 1. The zero-order chi connectivity index (χ0) is 18.9. The zero-order valence-electron chi connectivity index (χ0n) is 14.3. The summed E-state index contributed by atoms with van der Waals surface area (Å²) < 4.78 is 28.2. The summed E-state index contributed by atoms with van der Waals surface area (Å²) in [5.41, 5.74) is 0.896. The van der Waals surface area contributed by atoms with Crippen LogP contribution in [-0.4, -0.2) is 70.8 Å². The molecule has 2 heterocycles. The van der Waals surface area contributed by atoms with Gasteiger partial charge in [0.25, 0.3) is 0 Å². The third kappa shape index (κ3) is 7.91. The van der Waals surface area contributed by atoms with Gasteiger partial charge in [0.1, 0.15) is 4.21 Å². The molecular weight excluding hydrogens is 366 g/mol. The van der Waals surface area contributed by atoms with Gasteiger partial charge in [-0.15, -0.1) is 11.3 Å². The van der Waals surface area contributed by atoms with Crippen LogP contribution < -0.4 is 5.14 Å². The molecule has 2 N–H and O–H groups in total. The molecule has 2 rings (SSSR count). The molecule has 1 aromatic rings. The highest BCUT2D eigenvalue weighted by atomic mass is 32.2. The van der Waals surface area contributed by atoms with Gasteiger partial charge in [-0.3, -0.25) is 4.90 Å². The molecule has 140 valence electrons. The molecule has 8 nitrogen and oxygen atoms in total. The molecule has 1 aliphatic heterocycles. The molecule has 0 bridgehead atoms. The third-order valence-corrected chi connectivity index (χ3v) is 6.08. The number of hydrogen-bond acceptors (Lipinski definition) is 8.